The molecule has 0 heterocycles. The van der Waals surface area contributed by atoms with Crippen LogP contribution in [0.5, 0.6) is 0 Å². The van der Waals surface area contributed by atoms with E-state index < -0.39 is 0 Å². The maximum atomic E-state index is 10.1. The molecule has 0 saturated heterocycles. The quantitative estimate of drug-likeness (QED) is 0.503. The highest BCUT2D eigenvalue weighted by Gasteiger charge is 1.81. The number of carbonyl (C=O) groups is 1. The predicted molar refractivity (Wildman–Crippen MR) is 36.8 cm³/mol. The van der Waals surface area contributed by atoms with Crippen molar-refractivity contribution in [2.45, 2.75) is 27.2 Å². The summed E-state index contributed by atoms with van der Waals surface area (Å²) in [6, 6.07) is 0. The van der Waals surface area contributed by atoms with Crippen LogP contribution in [0.3, 0.4) is 0 Å². The van der Waals surface area contributed by atoms with E-state index in [4.69, 9.17) is 0 Å². The zero-order valence-corrected chi connectivity index (χ0v) is 5.90. The Morgan fingerprint density at radius 2 is 2.00 bits per heavy atom. The van der Waals surface area contributed by atoms with Crippen molar-refractivity contribution in [2.24, 2.45) is 0 Å². The SMILES string of the molecule is C=CC(=O)CC.CC. The maximum Gasteiger partial charge on any atom is 0.154 e. The van der Waals surface area contributed by atoms with Gasteiger partial charge in [-0.1, -0.05) is 27.4 Å². The normalized spacial score (nSPS) is 6.38. The Balaban J connectivity index is 0. The van der Waals surface area contributed by atoms with Gasteiger partial charge in [0.05, 0.1) is 0 Å². The van der Waals surface area contributed by atoms with E-state index in [1.54, 1.807) is 0 Å². The van der Waals surface area contributed by atoms with Crippen LogP contribution in [0.15, 0.2) is 12.7 Å². The van der Waals surface area contributed by atoms with Crippen molar-refractivity contribution in [3.63, 3.8) is 0 Å². The minimum absolute atomic E-state index is 0.106. The first-order valence-corrected chi connectivity index (χ1v) is 2.96. The first-order chi connectivity index (χ1) is 3.81. The fourth-order valence-electron chi connectivity index (χ4n) is 0.144. The van der Waals surface area contributed by atoms with Crippen LogP contribution in [0.2, 0.25) is 0 Å². The number of ketones is 1. The van der Waals surface area contributed by atoms with Gasteiger partial charge in [-0.2, -0.15) is 0 Å². The number of carbonyl (C=O) groups excluding carboxylic acids is 1. The molecule has 0 amide bonds. The summed E-state index contributed by atoms with van der Waals surface area (Å²) in [5.41, 5.74) is 0. The first-order valence-electron chi connectivity index (χ1n) is 2.96. The second-order valence-electron chi connectivity index (χ2n) is 1.02. The lowest BCUT2D eigenvalue weighted by atomic mass is 10.3. The van der Waals surface area contributed by atoms with Gasteiger partial charge >= 0.3 is 0 Å². The lowest BCUT2D eigenvalue weighted by Crippen LogP contribution is -1.83. The van der Waals surface area contributed by atoms with Crippen LogP contribution in [0.25, 0.3) is 0 Å². The van der Waals surface area contributed by atoms with Crippen molar-refractivity contribution < 1.29 is 4.79 Å². The van der Waals surface area contributed by atoms with Crippen LogP contribution in [0, 0.1) is 0 Å². The largest absolute Gasteiger partial charge is 0.295 e. The lowest BCUT2D eigenvalue weighted by molar-refractivity contribution is -0.114. The van der Waals surface area contributed by atoms with Gasteiger partial charge in [-0.05, 0) is 6.08 Å². The van der Waals surface area contributed by atoms with Crippen LogP contribution in [-0.4, -0.2) is 5.78 Å². The summed E-state index contributed by atoms with van der Waals surface area (Å²) in [6.45, 7) is 9.09. The standard InChI is InChI=1S/C5H8O.C2H6/c1-3-5(6)4-2;1-2/h3H,1,4H2,2H3;1-2H3. The Hall–Kier alpha value is -0.590. The van der Waals surface area contributed by atoms with E-state index >= 15 is 0 Å². The minimum Gasteiger partial charge on any atom is -0.295 e. The average Bonchev–Trinajstić information content (AvgIpc) is 1.91. The molecule has 0 N–H and O–H groups in total. The third-order valence-electron chi connectivity index (χ3n) is 0.576. The van der Waals surface area contributed by atoms with Gasteiger partial charge in [0.2, 0.25) is 0 Å². The van der Waals surface area contributed by atoms with E-state index in [0.717, 1.165) is 0 Å². The number of rotatable bonds is 2. The highest BCUT2D eigenvalue weighted by Crippen LogP contribution is 1.76. The molecule has 0 fully saturated rings. The summed E-state index contributed by atoms with van der Waals surface area (Å²) >= 11 is 0. The van der Waals surface area contributed by atoms with E-state index in [9.17, 15) is 4.79 Å². The molecule has 0 unspecified atom stereocenters. The molecular formula is C7H14O. The molecule has 0 aromatic carbocycles. The van der Waals surface area contributed by atoms with Gasteiger partial charge in [0.1, 0.15) is 0 Å². The first kappa shape index (κ1) is 10.4. The third-order valence-corrected chi connectivity index (χ3v) is 0.576. The van der Waals surface area contributed by atoms with Crippen molar-refractivity contribution in [3.8, 4) is 0 Å². The Morgan fingerprint density at radius 1 is 1.62 bits per heavy atom. The van der Waals surface area contributed by atoms with Crippen LogP contribution >= 0.6 is 0 Å². The minimum atomic E-state index is 0.106. The Bertz CT molecular complexity index is 64.8. The molecule has 0 aliphatic carbocycles. The molecule has 0 saturated carbocycles. The van der Waals surface area contributed by atoms with Crippen molar-refractivity contribution in [1.82, 2.24) is 0 Å². The van der Waals surface area contributed by atoms with Crippen LogP contribution in [-0.2, 0) is 4.79 Å². The number of allylic oxidation sites excluding steroid dienone is 1. The van der Waals surface area contributed by atoms with Gasteiger partial charge in [-0.3, -0.25) is 4.79 Å². The topological polar surface area (TPSA) is 17.1 Å². The second-order valence-corrected chi connectivity index (χ2v) is 1.02. The smallest absolute Gasteiger partial charge is 0.154 e. The summed E-state index contributed by atoms with van der Waals surface area (Å²) in [5.74, 6) is 0.106. The Labute approximate surface area is 51.4 Å². The third kappa shape index (κ3) is 9.05. The van der Waals surface area contributed by atoms with Crippen LogP contribution < -0.4 is 0 Å². The van der Waals surface area contributed by atoms with E-state index in [1.807, 2.05) is 20.8 Å². The molecule has 0 aromatic heterocycles. The molecule has 0 spiro atoms. The van der Waals surface area contributed by atoms with Crippen molar-refractivity contribution in [3.05, 3.63) is 12.7 Å². The molecule has 1 heteroatoms. The molecule has 0 bridgehead atoms. The number of hydrogen-bond acceptors (Lipinski definition) is 1. The predicted octanol–water partition coefficient (Wildman–Crippen LogP) is 2.18. The van der Waals surface area contributed by atoms with E-state index in [1.165, 1.54) is 6.08 Å². The summed E-state index contributed by atoms with van der Waals surface area (Å²) in [7, 11) is 0. The summed E-state index contributed by atoms with van der Waals surface area (Å²) in [6.07, 6.45) is 1.91. The Morgan fingerprint density at radius 3 is 2.00 bits per heavy atom. The van der Waals surface area contributed by atoms with E-state index in [-0.39, 0.29) is 5.78 Å². The molecule has 0 aliphatic heterocycles. The fraction of sp³-hybridized carbons (Fsp3) is 0.571. The van der Waals surface area contributed by atoms with E-state index in [2.05, 4.69) is 6.58 Å². The van der Waals surface area contributed by atoms with Crippen molar-refractivity contribution >= 4 is 5.78 Å². The van der Waals surface area contributed by atoms with Crippen LogP contribution in [0.1, 0.15) is 27.2 Å². The van der Waals surface area contributed by atoms with Gasteiger partial charge in [-0.25, -0.2) is 0 Å². The molecule has 1 nitrogen and oxygen atoms in total. The molecule has 0 rings (SSSR count). The summed E-state index contributed by atoms with van der Waals surface area (Å²) in [4.78, 5) is 10.1. The van der Waals surface area contributed by atoms with Crippen LogP contribution in [0.4, 0.5) is 0 Å². The molecule has 0 aliphatic rings. The fourth-order valence-corrected chi connectivity index (χ4v) is 0.144. The molecule has 0 atom stereocenters. The zero-order valence-electron chi connectivity index (χ0n) is 5.90. The summed E-state index contributed by atoms with van der Waals surface area (Å²) in [5, 5.41) is 0. The number of hydrogen-bond donors (Lipinski definition) is 0. The van der Waals surface area contributed by atoms with Gasteiger partial charge in [-0.15, -0.1) is 0 Å². The van der Waals surface area contributed by atoms with Gasteiger partial charge in [0, 0.05) is 6.42 Å². The van der Waals surface area contributed by atoms with Gasteiger partial charge in [0.25, 0.3) is 0 Å². The molecule has 48 valence electrons. The lowest BCUT2D eigenvalue weighted by Gasteiger charge is -1.75. The molecule has 0 aromatic rings. The van der Waals surface area contributed by atoms with Gasteiger partial charge < -0.3 is 0 Å². The summed E-state index contributed by atoms with van der Waals surface area (Å²) < 4.78 is 0. The highest BCUT2D eigenvalue weighted by molar-refractivity contribution is 5.88. The highest BCUT2D eigenvalue weighted by atomic mass is 16.1. The maximum absolute atomic E-state index is 10.1. The van der Waals surface area contributed by atoms with Crippen molar-refractivity contribution in [1.29, 1.82) is 0 Å². The zero-order chi connectivity index (χ0) is 6.99. The molecule has 8 heavy (non-hydrogen) atoms. The molecule has 0 radical (unpaired) electrons. The van der Waals surface area contributed by atoms with Gasteiger partial charge in [0.15, 0.2) is 5.78 Å². The second kappa shape index (κ2) is 9.65. The molecular weight excluding hydrogens is 100 g/mol. The average molecular weight is 114 g/mol. The van der Waals surface area contributed by atoms with E-state index in [0.29, 0.717) is 6.42 Å². The Kier molecular flexibility index (Phi) is 12.5. The monoisotopic (exact) mass is 114 g/mol. The van der Waals surface area contributed by atoms with Crippen molar-refractivity contribution in [2.75, 3.05) is 0 Å².